The van der Waals surface area contributed by atoms with Crippen LogP contribution >= 0.6 is 11.8 Å². The Morgan fingerprint density at radius 1 is 1.37 bits per heavy atom. The summed E-state index contributed by atoms with van der Waals surface area (Å²) in [6.07, 6.45) is 0.921. The highest BCUT2D eigenvalue weighted by Gasteiger charge is 2.11. The van der Waals surface area contributed by atoms with E-state index in [2.05, 4.69) is 10.2 Å². The maximum atomic E-state index is 11.6. The molecule has 1 aromatic heterocycles. The maximum Gasteiger partial charge on any atom is 0.344 e. The summed E-state index contributed by atoms with van der Waals surface area (Å²) in [6, 6.07) is 7.97. The van der Waals surface area contributed by atoms with Crippen LogP contribution in [0.5, 0.6) is 0 Å². The molecule has 0 saturated carbocycles. The second kappa shape index (κ2) is 5.97. The molecule has 2 rings (SSSR count). The van der Waals surface area contributed by atoms with Gasteiger partial charge in [0.2, 0.25) is 0 Å². The lowest BCUT2D eigenvalue weighted by Crippen LogP contribution is -2.19. The zero-order valence-electron chi connectivity index (χ0n) is 11.1. The Bertz CT molecular complexity index is 585. The van der Waals surface area contributed by atoms with E-state index in [1.807, 2.05) is 38.1 Å². The molecular weight excluding hydrogens is 260 g/mol. The van der Waals surface area contributed by atoms with E-state index in [4.69, 9.17) is 5.73 Å². The van der Waals surface area contributed by atoms with Crippen molar-refractivity contribution in [1.29, 1.82) is 0 Å². The Balaban J connectivity index is 1.96. The largest absolute Gasteiger partial charge is 0.399 e. The van der Waals surface area contributed by atoms with Crippen molar-refractivity contribution in [3.63, 3.8) is 0 Å². The number of nitrogens with two attached hydrogens (primary N) is 1. The molecule has 1 aromatic carbocycles. The Morgan fingerprint density at radius 3 is 2.68 bits per heavy atom. The monoisotopic (exact) mass is 278 g/mol. The lowest BCUT2D eigenvalue weighted by molar-refractivity contribution is 0.534. The lowest BCUT2D eigenvalue weighted by Gasteiger charge is -2.08. The fourth-order valence-electron chi connectivity index (χ4n) is 1.79. The summed E-state index contributed by atoms with van der Waals surface area (Å²) in [5, 5.41) is 7.29. The molecule has 0 aliphatic carbocycles. The molecule has 19 heavy (non-hydrogen) atoms. The molecule has 0 unspecified atom stereocenters. The first-order chi connectivity index (χ1) is 9.08. The van der Waals surface area contributed by atoms with Gasteiger partial charge in [-0.1, -0.05) is 23.9 Å². The summed E-state index contributed by atoms with van der Waals surface area (Å²) in [6.45, 7) is 3.95. The van der Waals surface area contributed by atoms with Crippen LogP contribution in [0.15, 0.2) is 34.2 Å². The number of aromatic nitrogens is 3. The van der Waals surface area contributed by atoms with Crippen LogP contribution in [0.1, 0.15) is 25.5 Å². The van der Waals surface area contributed by atoms with Gasteiger partial charge in [-0.05, 0) is 38.0 Å². The van der Waals surface area contributed by atoms with Crippen LogP contribution in [-0.2, 0) is 6.42 Å². The molecule has 0 spiro atoms. The summed E-state index contributed by atoms with van der Waals surface area (Å²) in [5.41, 5.74) is 7.50. The van der Waals surface area contributed by atoms with E-state index >= 15 is 0 Å². The number of benzene rings is 1. The molecule has 0 radical (unpaired) electrons. The normalized spacial score (nSPS) is 11.1. The van der Waals surface area contributed by atoms with Gasteiger partial charge in [0, 0.05) is 17.5 Å². The van der Waals surface area contributed by atoms with Gasteiger partial charge < -0.3 is 5.73 Å². The second-order valence-electron chi connectivity index (χ2n) is 4.62. The van der Waals surface area contributed by atoms with Crippen LogP contribution in [0.2, 0.25) is 0 Å². The molecule has 102 valence electrons. The average molecular weight is 278 g/mol. The van der Waals surface area contributed by atoms with Gasteiger partial charge in [0.1, 0.15) is 0 Å². The molecule has 0 aliphatic heterocycles. The second-order valence-corrected chi connectivity index (χ2v) is 5.68. The van der Waals surface area contributed by atoms with Crippen LogP contribution < -0.4 is 11.4 Å². The predicted molar refractivity (Wildman–Crippen MR) is 78.5 cm³/mol. The van der Waals surface area contributed by atoms with Gasteiger partial charge in [-0.2, -0.15) is 0 Å². The quantitative estimate of drug-likeness (QED) is 0.648. The van der Waals surface area contributed by atoms with E-state index in [0.717, 1.165) is 23.0 Å². The van der Waals surface area contributed by atoms with Crippen LogP contribution in [0, 0.1) is 0 Å². The van der Waals surface area contributed by atoms with Crippen molar-refractivity contribution in [3.8, 4) is 0 Å². The Morgan fingerprint density at radius 2 is 2.05 bits per heavy atom. The number of H-pyrrole nitrogens is 1. The first kappa shape index (κ1) is 13.7. The van der Waals surface area contributed by atoms with Gasteiger partial charge in [-0.25, -0.2) is 9.89 Å². The Kier molecular flexibility index (Phi) is 4.31. The maximum absolute atomic E-state index is 11.6. The molecular formula is C13H18N4OS. The SMILES string of the molecule is CC(C)n1c(SCCc2ccc(N)cc2)n[nH]c1=O. The van der Waals surface area contributed by atoms with Gasteiger partial charge in [0.15, 0.2) is 5.16 Å². The highest BCUT2D eigenvalue weighted by Crippen LogP contribution is 2.18. The highest BCUT2D eigenvalue weighted by atomic mass is 32.2. The molecule has 3 N–H and O–H groups in total. The Hall–Kier alpha value is -1.69. The summed E-state index contributed by atoms with van der Waals surface area (Å²) in [4.78, 5) is 11.6. The third-order valence-electron chi connectivity index (χ3n) is 2.79. The third-order valence-corrected chi connectivity index (χ3v) is 3.74. The van der Waals surface area contributed by atoms with Crippen molar-refractivity contribution in [2.24, 2.45) is 0 Å². The minimum Gasteiger partial charge on any atom is -0.399 e. The first-order valence-electron chi connectivity index (χ1n) is 6.22. The molecule has 0 bridgehead atoms. The van der Waals surface area contributed by atoms with Crippen molar-refractivity contribution in [3.05, 3.63) is 40.3 Å². The van der Waals surface area contributed by atoms with Gasteiger partial charge in [0.25, 0.3) is 0 Å². The molecule has 0 fully saturated rings. The van der Waals surface area contributed by atoms with Crippen molar-refractivity contribution in [1.82, 2.24) is 14.8 Å². The Labute approximate surface area is 116 Å². The fraction of sp³-hybridized carbons (Fsp3) is 0.385. The van der Waals surface area contributed by atoms with E-state index in [-0.39, 0.29) is 11.7 Å². The molecule has 1 heterocycles. The van der Waals surface area contributed by atoms with E-state index in [0.29, 0.717) is 0 Å². The first-order valence-corrected chi connectivity index (χ1v) is 7.20. The zero-order chi connectivity index (χ0) is 13.8. The number of anilines is 1. The number of hydrogen-bond acceptors (Lipinski definition) is 4. The summed E-state index contributed by atoms with van der Waals surface area (Å²) in [7, 11) is 0. The number of aryl methyl sites for hydroxylation is 1. The number of aromatic amines is 1. The van der Waals surface area contributed by atoms with E-state index in [9.17, 15) is 4.79 Å². The topological polar surface area (TPSA) is 76.7 Å². The molecule has 0 amide bonds. The van der Waals surface area contributed by atoms with Gasteiger partial charge in [0.05, 0.1) is 0 Å². The number of thioether (sulfide) groups is 1. The number of hydrogen-bond donors (Lipinski definition) is 2. The van der Waals surface area contributed by atoms with Crippen LogP contribution in [-0.4, -0.2) is 20.5 Å². The molecule has 2 aromatic rings. The molecule has 0 atom stereocenters. The predicted octanol–water partition coefficient (Wildman–Crippen LogP) is 2.07. The van der Waals surface area contributed by atoms with Crippen molar-refractivity contribution in [2.45, 2.75) is 31.5 Å². The average Bonchev–Trinajstić information content (AvgIpc) is 2.73. The molecule has 0 saturated heterocycles. The van der Waals surface area contributed by atoms with E-state index < -0.39 is 0 Å². The lowest BCUT2D eigenvalue weighted by atomic mass is 10.2. The number of rotatable bonds is 5. The standard InChI is InChI=1S/C13H18N4OS/c1-9(2)17-12(18)15-16-13(17)19-8-7-10-3-5-11(14)6-4-10/h3-6,9H,7-8,14H2,1-2H3,(H,15,18). The minimum atomic E-state index is -0.148. The van der Waals surface area contributed by atoms with E-state index in [1.54, 1.807) is 16.3 Å². The van der Waals surface area contributed by atoms with Gasteiger partial charge in [-0.15, -0.1) is 5.10 Å². The highest BCUT2D eigenvalue weighted by molar-refractivity contribution is 7.99. The summed E-state index contributed by atoms with van der Waals surface area (Å²) < 4.78 is 1.67. The summed E-state index contributed by atoms with van der Waals surface area (Å²) in [5.74, 6) is 0.876. The van der Waals surface area contributed by atoms with Crippen molar-refractivity contribution in [2.75, 3.05) is 11.5 Å². The fourth-order valence-corrected chi connectivity index (χ4v) is 2.86. The van der Waals surface area contributed by atoms with Crippen molar-refractivity contribution >= 4 is 17.4 Å². The number of nitrogen functional groups attached to an aromatic ring is 1. The molecule has 6 heteroatoms. The zero-order valence-corrected chi connectivity index (χ0v) is 11.9. The minimum absolute atomic E-state index is 0.116. The van der Waals surface area contributed by atoms with Crippen LogP contribution in [0.4, 0.5) is 5.69 Å². The number of nitrogens with one attached hydrogen (secondary N) is 1. The third kappa shape index (κ3) is 3.41. The van der Waals surface area contributed by atoms with E-state index in [1.165, 1.54) is 5.56 Å². The molecule has 0 aliphatic rings. The van der Waals surface area contributed by atoms with Gasteiger partial charge in [-0.3, -0.25) is 4.57 Å². The molecule has 5 nitrogen and oxygen atoms in total. The number of nitrogens with zero attached hydrogens (tertiary/aromatic N) is 2. The smallest absolute Gasteiger partial charge is 0.344 e. The van der Waals surface area contributed by atoms with Gasteiger partial charge >= 0.3 is 5.69 Å². The van der Waals surface area contributed by atoms with Crippen molar-refractivity contribution < 1.29 is 0 Å². The summed E-state index contributed by atoms with van der Waals surface area (Å²) >= 11 is 1.58. The van der Waals surface area contributed by atoms with Crippen LogP contribution in [0.25, 0.3) is 0 Å². The van der Waals surface area contributed by atoms with Crippen LogP contribution in [0.3, 0.4) is 0 Å².